The summed E-state index contributed by atoms with van der Waals surface area (Å²) in [4.78, 5) is 34.7. The standard InChI is InChI=1S/C17H20N4O6/c1-9-12(17(24)21-19-9)7-15(23)20-18-8-11-5-13(25-3)16(27-10(2)22)14(6-11)26-4/h5-6,8,12H,7H2,1-4H3,(H,20,23)(H,21,24)/b18-8-/t12-/m1/s1. The first-order chi connectivity index (χ1) is 12.8. The predicted molar refractivity (Wildman–Crippen MR) is 96.0 cm³/mol. The Hall–Kier alpha value is -3.43. The van der Waals surface area contributed by atoms with Crippen LogP contribution in [0.5, 0.6) is 17.2 Å². The van der Waals surface area contributed by atoms with E-state index in [1.54, 1.807) is 19.1 Å². The van der Waals surface area contributed by atoms with Gasteiger partial charge in [-0.3, -0.25) is 14.4 Å². The first-order valence-corrected chi connectivity index (χ1v) is 7.96. The molecule has 10 nitrogen and oxygen atoms in total. The van der Waals surface area contributed by atoms with Gasteiger partial charge in [0, 0.05) is 24.6 Å². The van der Waals surface area contributed by atoms with E-state index >= 15 is 0 Å². The van der Waals surface area contributed by atoms with Crippen LogP contribution in [-0.4, -0.2) is 43.9 Å². The van der Waals surface area contributed by atoms with Gasteiger partial charge >= 0.3 is 5.97 Å². The Balaban J connectivity index is 2.07. The molecule has 10 heteroatoms. The maximum Gasteiger partial charge on any atom is 0.308 e. The van der Waals surface area contributed by atoms with Gasteiger partial charge in [-0.1, -0.05) is 0 Å². The van der Waals surface area contributed by atoms with Crippen LogP contribution in [0.2, 0.25) is 0 Å². The second-order valence-corrected chi connectivity index (χ2v) is 5.63. The second-order valence-electron chi connectivity index (χ2n) is 5.63. The molecule has 0 saturated heterocycles. The van der Waals surface area contributed by atoms with Gasteiger partial charge in [0.15, 0.2) is 11.5 Å². The van der Waals surface area contributed by atoms with Crippen LogP contribution < -0.4 is 25.1 Å². The third-order valence-corrected chi connectivity index (χ3v) is 3.68. The molecule has 1 heterocycles. The van der Waals surface area contributed by atoms with Crippen molar-refractivity contribution in [1.29, 1.82) is 0 Å². The summed E-state index contributed by atoms with van der Waals surface area (Å²) in [6.45, 7) is 2.93. The van der Waals surface area contributed by atoms with Gasteiger partial charge < -0.3 is 14.2 Å². The van der Waals surface area contributed by atoms with Crippen molar-refractivity contribution >= 4 is 29.7 Å². The molecule has 0 radical (unpaired) electrons. The number of amides is 2. The lowest BCUT2D eigenvalue weighted by Gasteiger charge is -2.13. The fraction of sp³-hybridized carbons (Fsp3) is 0.353. The third kappa shape index (κ3) is 5.03. The van der Waals surface area contributed by atoms with Crippen molar-refractivity contribution in [2.75, 3.05) is 14.2 Å². The Bertz CT molecular complexity index is 793. The summed E-state index contributed by atoms with van der Waals surface area (Å²) >= 11 is 0. The van der Waals surface area contributed by atoms with Gasteiger partial charge in [0.25, 0.3) is 0 Å². The first-order valence-electron chi connectivity index (χ1n) is 7.96. The van der Waals surface area contributed by atoms with Crippen LogP contribution in [0.15, 0.2) is 22.3 Å². The van der Waals surface area contributed by atoms with Crippen LogP contribution in [0.4, 0.5) is 0 Å². The summed E-state index contributed by atoms with van der Waals surface area (Å²) in [5.74, 6) is -1.17. The van der Waals surface area contributed by atoms with E-state index in [1.165, 1.54) is 27.4 Å². The summed E-state index contributed by atoms with van der Waals surface area (Å²) in [6.07, 6.45) is 1.31. The monoisotopic (exact) mass is 376 g/mol. The molecule has 2 amide bonds. The van der Waals surface area contributed by atoms with Crippen LogP contribution in [0.3, 0.4) is 0 Å². The molecule has 0 spiro atoms. The van der Waals surface area contributed by atoms with Crippen molar-refractivity contribution in [1.82, 2.24) is 10.9 Å². The van der Waals surface area contributed by atoms with Crippen LogP contribution in [0, 0.1) is 5.92 Å². The Labute approximate surface area is 155 Å². The lowest BCUT2D eigenvalue weighted by Crippen LogP contribution is -2.29. The predicted octanol–water partition coefficient (Wildman–Crippen LogP) is 0.591. The van der Waals surface area contributed by atoms with E-state index in [9.17, 15) is 14.4 Å². The van der Waals surface area contributed by atoms with Crippen LogP contribution in [0.25, 0.3) is 0 Å². The highest BCUT2D eigenvalue weighted by molar-refractivity contribution is 6.09. The van der Waals surface area contributed by atoms with Crippen molar-refractivity contribution in [3.8, 4) is 17.2 Å². The van der Waals surface area contributed by atoms with Crippen LogP contribution in [-0.2, 0) is 14.4 Å². The Kier molecular flexibility index (Phi) is 6.47. The fourth-order valence-electron chi connectivity index (χ4n) is 2.36. The molecule has 0 unspecified atom stereocenters. The molecule has 0 fully saturated rings. The van der Waals surface area contributed by atoms with E-state index in [0.29, 0.717) is 11.3 Å². The molecule has 0 saturated carbocycles. The van der Waals surface area contributed by atoms with Gasteiger partial charge in [-0.2, -0.15) is 10.2 Å². The Morgan fingerprint density at radius 3 is 2.41 bits per heavy atom. The first kappa shape index (κ1) is 19.9. The molecule has 0 bridgehead atoms. The minimum Gasteiger partial charge on any atom is -0.493 e. The minimum absolute atomic E-state index is 0.0590. The van der Waals surface area contributed by atoms with Gasteiger partial charge in [0.05, 0.1) is 26.4 Å². The maximum absolute atomic E-state index is 11.9. The van der Waals surface area contributed by atoms with Crippen LogP contribution >= 0.6 is 0 Å². The summed E-state index contributed by atoms with van der Waals surface area (Å²) in [6, 6.07) is 3.13. The topological polar surface area (TPSA) is 128 Å². The zero-order valence-electron chi connectivity index (χ0n) is 15.4. The normalized spacial score (nSPS) is 15.9. The van der Waals surface area contributed by atoms with E-state index in [4.69, 9.17) is 14.2 Å². The number of nitrogens with one attached hydrogen (secondary N) is 2. The van der Waals surface area contributed by atoms with Gasteiger partial charge in [-0.15, -0.1) is 0 Å². The largest absolute Gasteiger partial charge is 0.493 e. The Morgan fingerprint density at radius 2 is 1.93 bits per heavy atom. The zero-order valence-corrected chi connectivity index (χ0v) is 15.4. The number of ether oxygens (including phenoxy) is 3. The summed E-state index contributed by atoms with van der Waals surface area (Å²) in [5.41, 5.74) is 5.76. The van der Waals surface area contributed by atoms with E-state index in [0.717, 1.165) is 0 Å². The quantitative estimate of drug-likeness (QED) is 0.310. The van der Waals surface area contributed by atoms with Crippen LogP contribution in [0.1, 0.15) is 25.8 Å². The van der Waals surface area contributed by atoms with Gasteiger partial charge in [0.1, 0.15) is 0 Å². The number of hydrogen-bond donors (Lipinski definition) is 2. The summed E-state index contributed by atoms with van der Waals surface area (Å²) in [5, 5.41) is 7.64. The second kappa shape index (κ2) is 8.79. The SMILES string of the molecule is COc1cc(/C=N\NC(=O)C[C@H]2C(=O)NN=C2C)cc(OC)c1OC(C)=O. The van der Waals surface area contributed by atoms with Crippen molar-refractivity contribution in [3.63, 3.8) is 0 Å². The molecule has 2 rings (SSSR count). The van der Waals surface area contributed by atoms with Crippen molar-refractivity contribution < 1.29 is 28.6 Å². The number of nitrogens with zero attached hydrogens (tertiary/aromatic N) is 2. The molecule has 144 valence electrons. The number of hydrazone groups is 2. The number of benzene rings is 1. The van der Waals surface area contributed by atoms with E-state index in [1.807, 2.05) is 0 Å². The number of carbonyl (C=O) groups is 3. The van der Waals surface area contributed by atoms with E-state index < -0.39 is 17.8 Å². The average molecular weight is 376 g/mol. The lowest BCUT2D eigenvalue weighted by atomic mass is 10.0. The van der Waals surface area contributed by atoms with E-state index in [-0.39, 0.29) is 29.6 Å². The lowest BCUT2D eigenvalue weighted by molar-refractivity contribution is -0.132. The van der Waals surface area contributed by atoms with Gasteiger partial charge in [0.2, 0.25) is 17.6 Å². The number of hydrogen-bond acceptors (Lipinski definition) is 8. The third-order valence-electron chi connectivity index (χ3n) is 3.68. The molecule has 2 N–H and O–H groups in total. The molecule has 27 heavy (non-hydrogen) atoms. The van der Waals surface area contributed by atoms with Crippen molar-refractivity contribution in [3.05, 3.63) is 17.7 Å². The molecule has 0 aliphatic carbocycles. The fourth-order valence-corrected chi connectivity index (χ4v) is 2.36. The highest BCUT2D eigenvalue weighted by Gasteiger charge is 2.29. The molecule has 1 aromatic carbocycles. The summed E-state index contributed by atoms with van der Waals surface area (Å²) < 4.78 is 15.5. The molecule has 1 aromatic rings. The molecule has 1 aliphatic heterocycles. The number of methoxy groups -OCH3 is 2. The highest BCUT2D eigenvalue weighted by Crippen LogP contribution is 2.38. The molecular weight excluding hydrogens is 356 g/mol. The number of esters is 1. The smallest absolute Gasteiger partial charge is 0.308 e. The maximum atomic E-state index is 11.9. The molecule has 1 aliphatic rings. The molecule has 1 atom stereocenters. The van der Waals surface area contributed by atoms with Crippen molar-refractivity contribution in [2.45, 2.75) is 20.3 Å². The highest BCUT2D eigenvalue weighted by atomic mass is 16.6. The number of rotatable bonds is 7. The zero-order chi connectivity index (χ0) is 20.0. The molecular formula is C17H20N4O6. The van der Waals surface area contributed by atoms with Crippen molar-refractivity contribution in [2.24, 2.45) is 16.1 Å². The minimum atomic E-state index is -0.594. The number of carbonyl (C=O) groups excluding carboxylic acids is 3. The summed E-state index contributed by atoms with van der Waals surface area (Å²) in [7, 11) is 2.84. The molecule has 0 aromatic heterocycles. The van der Waals surface area contributed by atoms with Gasteiger partial charge in [-0.25, -0.2) is 10.9 Å². The van der Waals surface area contributed by atoms with E-state index in [2.05, 4.69) is 21.1 Å². The van der Waals surface area contributed by atoms with Gasteiger partial charge in [-0.05, 0) is 19.1 Å². The Morgan fingerprint density at radius 1 is 1.30 bits per heavy atom. The average Bonchev–Trinajstić information content (AvgIpc) is 2.94.